The van der Waals surface area contributed by atoms with Gasteiger partial charge in [0.1, 0.15) is 11.4 Å². The molecule has 0 bridgehead atoms. The quantitative estimate of drug-likeness (QED) is 0.247. The Kier molecular flexibility index (Phi) is 8.67. The third-order valence-electron chi connectivity index (χ3n) is 5.98. The molecular weight excluding hydrogens is 519 g/mol. The molecule has 0 saturated carbocycles. The fraction of sp³-hybridized carbons (Fsp3) is 0.296. The second-order valence-corrected chi connectivity index (χ2v) is 9.49. The number of alkyl halides is 3. The van der Waals surface area contributed by atoms with Crippen molar-refractivity contribution in [2.75, 3.05) is 25.0 Å². The molecule has 1 saturated heterocycles. The lowest BCUT2D eigenvalue weighted by atomic mass is 9.98. The van der Waals surface area contributed by atoms with E-state index in [9.17, 15) is 22.8 Å². The van der Waals surface area contributed by atoms with Crippen molar-refractivity contribution in [1.82, 2.24) is 9.88 Å². The third kappa shape index (κ3) is 7.12. The zero-order valence-corrected chi connectivity index (χ0v) is 21.2. The molecule has 38 heavy (non-hydrogen) atoms. The molecule has 3 aromatic rings. The van der Waals surface area contributed by atoms with Crippen molar-refractivity contribution in [1.29, 1.82) is 0 Å². The summed E-state index contributed by atoms with van der Waals surface area (Å²) in [6.07, 6.45) is -1.34. The maximum atomic E-state index is 13.0. The highest BCUT2D eigenvalue weighted by molar-refractivity contribution is 7.10. The van der Waals surface area contributed by atoms with Crippen LogP contribution in [0.5, 0.6) is 5.75 Å². The smallest absolute Gasteiger partial charge is 0.449 e. The average Bonchev–Trinajstić information content (AvgIpc) is 3.40. The minimum Gasteiger partial charge on any atom is -0.449 e. The summed E-state index contributed by atoms with van der Waals surface area (Å²) in [5, 5.41) is 5.40. The van der Waals surface area contributed by atoms with E-state index in [1.54, 1.807) is 40.6 Å². The molecule has 0 radical (unpaired) electrons. The van der Waals surface area contributed by atoms with Gasteiger partial charge in [0, 0.05) is 35.6 Å². The first-order chi connectivity index (χ1) is 18.2. The second-order valence-electron chi connectivity index (χ2n) is 8.60. The van der Waals surface area contributed by atoms with E-state index < -0.39 is 6.36 Å². The van der Waals surface area contributed by atoms with Crippen LogP contribution in [0.2, 0.25) is 0 Å². The first-order valence-electron chi connectivity index (χ1n) is 12.0. The van der Waals surface area contributed by atoms with Gasteiger partial charge in [-0.25, -0.2) is 9.78 Å². The van der Waals surface area contributed by atoms with Crippen LogP contribution in [-0.4, -0.2) is 47.9 Å². The Labute approximate surface area is 221 Å². The summed E-state index contributed by atoms with van der Waals surface area (Å²) >= 11 is 1.40. The molecule has 1 fully saturated rings. The molecule has 200 valence electrons. The third-order valence-corrected chi connectivity index (χ3v) is 6.99. The Hall–Kier alpha value is -3.86. The van der Waals surface area contributed by atoms with Crippen LogP contribution in [0, 0.1) is 0 Å². The minimum absolute atomic E-state index is 0.142. The van der Waals surface area contributed by atoms with Gasteiger partial charge >= 0.3 is 12.5 Å². The lowest BCUT2D eigenvalue weighted by molar-refractivity contribution is -0.274. The highest BCUT2D eigenvalue weighted by Crippen LogP contribution is 2.33. The Morgan fingerprint density at radius 1 is 1.13 bits per heavy atom. The van der Waals surface area contributed by atoms with E-state index in [0.717, 1.165) is 17.8 Å². The van der Waals surface area contributed by atoms with Crippen LogP contribution in [0.3, 0.4) is 0 Å². The number of anilines is 1. The number of nitrogens with one attached hydrogen (secondary N) is 1. The summed E-state index contributed by atoms with van der Waals surface area (Å²) < 4.78 is 46.5. The van der Waals surface area contributed by atoms with E-state index >= 15 is 0 Å². The standard InChI is InChI=1S/C27H26F3N3O4S/c1-2-3-16-36-26(35)33-14-12-19(13-15-33)25-32-23(17-38-25)24(34)31-22-7-5-4-6-21(22)18-8-10-20(11-9-18)37-27(28,29)30/h2,4-11,17,19H,1,3,12-16H2,(H,31,34). The van der Waals surface area contributed by atoms with Crippen LogP contribution < -0.4 is 10.1 Å². The Bertz CT molecular complexity index is 1270. The predicted molar refractivity (Wildman–Crippen MR) is 138 cm³/mol. The van der Waals surface area contributed by atoms with Gasteiger partial charge in [0.05, 0.1) is 11.6 Å². The first kappa shape index (κ1) is 27.2. The molecule has 0 spiro atoms. The molecule has 2 amide bonds. The van der Waals surface area contributed by atoms with E-state index in [1.165, 1.54) is 35.6 Å². The monoisotopic (exact) mass is 545 g/mol. The van der Waals surface area contributed by atoms with E-state index in [0.29, 0.717) is 42.9 Å². The number of hydrogen-bond donors (Lipinski definition) is 1. The molecule has 1 aliphatic heterocycles. The van der Waals surface area contributed by atoms with Crippen LogP contribution in [0.25, 0.3) is 11.1 Å². The summed E-state index contributed by atoms with van der Waals surface area (Å²) in [4.78, 5) is 31.3. The van der Waals surface area contributed by atoms with E-state index in [-0.39, 0.29) is 29.4 Å². The molecule has 1 aromatic heterocycles. The molecule has 11 heteroatoms. The van der Waals surface area contributed by atoms with Crippen LogP contribution in [0.15, 0.2) is 66.6 Å². The Morgan fingerprint density at radius 3 is 2.53 bits per heavy atom. The van der Waals surface area contributed by atoms with Gasteiger partial charge in [0.2, 0.25) is 0 Å². The van der Waals surface area contributed by atoms with Crippen molar-refractivity contribution >= 4 is 29.0 Å². The van der Waals surface area contributed by atoms with Crippen LogP contribution in [0.4, 0.5) is 23.7 Å². The first-order valence-corrected chi connectivity index (χ1v) is 12.9. The van der Waals surface area contributed by atoms with Gasteiger partial charge in [-0.05, 0) is 43.0 Å². The fourth-order valence-electron chi connectivity index (χ4n) is 4.08. The zero-order valence-electron chi connectivity index (χ0n) is 20.4. The number of benzene rings is 2. The number of halogens is 3. The number of ether oxygens (including phenoxy) is 2. The number of thiazole rings is 1. The highest BCUT2D eigenvalue weighted by atomic mass is 32.1. The van der Waals surface area contributed by atoms with Crippen LogP contribution in [0.1, 0.15) is 40.7 Å². The number of nitrogens with zero attached hydrogens (tertiary/aromatic N) is 2. The molecule has 0 unspecified atom stereocenters. The van der Waals surface area contributed by atoms with E-state index in [1.807, 2.05) is 0 Å². The lowest BCUT2D eigenvalue weighted by Crippen LogP contribution is -2.38. The molecule has 1 N–H and O–H groups in total. The van der Waals surface area contributed by atoms with Gasteiger partial charge in [-0.1, -0.05) is 36.4 Å². The van der Waals surface area contributed by atoms with Gasteiger partial charge in [-0.3, -0.25) is 4.79 Å². The van der Waals surface area contributed by atoms with Crippen molar-refractivity contribution in [3.8, 4) is 16.9 Å². The largest absolute Gasteiger partial charge is 0.573 e. The summed E-state index contributed by atoms with van der Waals surface area (Å²) in [5.74, 6) is -0.572. The Morgan fingerprint density at radius 2 is 1.84 bits per heavy atom. The van der Waals surface area contributed by atoms with Crippen LogP contribution in [-0.2, 0) is 4.74 Å². The second kappa shape index (κ2) is 12.1. The molecular formula is C27H26F3N3O4S. The Balaban J connectivity index is 1.37. The number of rotatable bonds is 8. The number of carbonyl (C=O) groups is 2. The summed E-state index contributed by atoms with van der Waals surface area (Å²) in [6, 6.07) is 12.4. The maximum Gasteiger partial charge on any atom is 0.573 e. The molecule has 7 nitrogen and oxygen atoms in total. The molecule has 2 heterocycles. The predicted octanol–water partition coefficient (Wildman–Crippen LogP) is 6.85. The lowest BCUT2D eigenvalue weighted by Gasteiger charge is -2.30. The van der Waals surface area contributed by atoms with E-state index in [2.05, 4.69) is 21.6 Å². The fourth-order valence-corrected chi connectivity index (χ4v) is 5.05. The molecule has 2 aromatic carbocycles. The van der Waals surface area contributed by atoms with Gasteiger partial charge in [0.25, 0.3) is 5.91 Å². The number of hydrogen-bond acceptors (Lipinski definition) is 6. The SMILES string of the molecule is C=CCCOC(=O)N1CCC(c2nc(C(=O)Nc3ccccc3-c3ccc(OC(F)(F)F)cc3)cs2)CC1. The molecule has 4 rings (SSSR count). The highest BCUT2D eigenvalue weighted by Gasteiger charge is 2.31. The number of likely N-dealkylation sites (tertiary alicyclic amines) is 1. The van der Waals surface area contributed by atoms with Gasteiger partial charge in [-0.2, -0.15) is 0 Å². The summed E-state index contributed by atoms with van der Waals surface area (Å²) in [7, 11) is 0. The van der Waals surface area contributed by atoms with Crippen molar-refractivity contribution < 1.29 is 32.2 Å². The molecule has 0 aliphatic carbocycles. The maximum absolute atomic E-state index is 13.0. The topological polar surface area (TPSA) is 80.8 Å². The number of para-hydroxylation sites is 1. The van der Waals surface area contributed by atoms with Crippen molar-refractivity contribution in [2.45, 2.75) is 31.5 Å². The van der Waals surface area contributed by atoms with Crippen molar-refractivity contribution in [3.05, 3.63) is 77.3 Å². The van der Waals surface area contributed by atoms with Crippen molar-refractivity contribution in [2.24, 2.45) is 0 Å². The van der Waals surface area contributed by atoms with Gasteiger partial charge in [0.15, 0.2) is 0 Å². The van der Waals surface area contributed by atoms with E-state index in [4.69, 9.17) is 4.74 Å². The number of aromatic nitrogens is 1. The number of amides is 2. The summed E-state index contributed by atoms with van der Waals surface area (Å²) in [6.45, 7) is 5.03. The normalized spacial score (nSPS) is 14.1. The summed E-state index contributed by atoms with van der Waals surface area (Å²) in [5.41, 5.74) is 2.03. The number of carbonyl (C=O) groups excluding carboxylic acids is 2. The number of piperidine rings is 1. The van der Waals surface area contributed by atoms with Crippen LogP contribution >= 0.6 is 11.3 Å². The average molecular weight is 546 g/mol. The molecule has 1 aliphatic rings. The van der Waals surface area contributed by atoms with Crippen molar-refractivity contribution in [3.63, 3.8) is 0 Å². The molecule has 0 atom stereocenters. The van der Waals surface area contributed by atoms with Gasteiger partial charge < -0.3 is 19.7 Å². The minimum atomic E-state index is -4.77. The van der Waals surface area contributed by atoms with Gasteiger partial charge in [-0.15, -0.1) is 31.1 Å². The zero-order chi connectivity index (χ0) is 27.1.